The summed E-state index contributed by atoms with van der Waals surface area (Å²) in [5, 5.41) is 11.8. The molecule has 22 heavy (non-hydrogen) atoms. The average molecular weight is 295 g/mol. The minimum absolute atomic E-state index is 0.0456. The van der Waals surface area contributed by atoms with Crippen LogP contribution in [0.3, 0.4) is 0 Å². The SMILES string of the molecule is CCN1c2ccc(/C=N\n3cnnc3)cc2C(C)=CC1(C)C. The second kappa shape index (κ2) is 5.40. The average Bonchev–Trinajstić information content (AvgIpc) is 2.98. The van der Waals surface area contributed by atoms with E-state index in [0.717, 1.165) is 12.1 Å². The van der Waals surface area contributed by atoms with Gasteiger partial charge in [-0.15, -0.1) is 10.2 Å². The van der Waals surface area contributed by atoms with E-state index in [4.69, 9.17) is 0 Å². The molecule has 0 aliphatic carbocycles. The topological polar surface area (TPSA) is 46.3 Å². The summed E-state index contributed by atoms with van der Waals surface area (Å²) in [4.78, 5) is 2.43. The van der Waals surface area contributed by atoms with Crippen molar-refractivity contribution >= 4 is 17.5 Å². The summed E-state index contributed by atoms with van der Waals surface area (Å²) < 4.78 is 1.59. The third-order valence-corrected chi connectivity index (χ3v) is 4.06. The molecule has 3 rings (SSSR count). The van der Waals surface area contributed by atoms with Crippen molar-refractivity contribution in [2.45, 2.75) is 33.2 Å². The molecule has 114 valence electrons. The molecule has 2 aromatic rings. The lowest BCUT2D eigenvalue weighted by atomic mass is 9.88. The summed E-state index contributed by atoms with van der Waals surface area (Å²) in [6.45, 7) is 9.86. The van der Waals surface area contributed by atoms with Gasteiger partial charge in [0.25, 0.3) is 0 Å². The van der Waals surface area contributed by atoms with Crippen molar-refractivity contribution in [3.05, 3.63) is 48.1 Å². The Hall–Kier alpha value is -2.43. The molecule has 0 saturated heterocycles. The van der Waals surface area contributed by atoms with Crippen LogP contribution in [0.2, 0.25) is 0 Å². The van der Waals surface area contributed by atoms with E-state index < -0.39 is 0 Å². The van der Waals surface area contributed by atoms with Gasteiger partial charge in [-0.2, -0.15) is 5.10 Å². The van der Waals surface area contributed by atoms with Crippen molar-refractivity contribution in [3.63, 3.8) is 0 Å². The van der Waals surface area contributed by atoms with Crippen molar-refractivity contribution in [3.8, 4) is 0 Å². The van der Waals surface area contributed by atoms with Gasteiger partial charge in [-0.05, 0) is 51.0 Å². The predicted molar refractivity (Wildman–Crippen MR) is 90.2 cm³/mol. The Morgan fingerprint density at radius 3 is 2.64 bits per heavy atom. The van der Waals surface area contributed by atoms with Gasteiger partial charge in [0, 0.05) is 17.8 Å². The molecule has 0 unspecified atom stereocenters. The van der Waals surface area contributed by atoms with Gasteiger partial charge in [-0.25, -0.2) is 4.68 Å². The molecule has 1 aromatic heterocycles. The molecule has 1 aromatic carbocycles. The van der Waals surface area contributed by atoms with E-state index in [0.29, 0.717) is 0 Å². The Bertz CT molecular complexity index is 726. The van der Waals surface area contributed by atoms with Gasteiger partial charge in [0.1, 0.15) is 12.7 Å². The number of benzene rings is 1. The Balaban J connectivity index is 1.98. The van der Waals surface area contributed by atoms with Crippen LogP contribution in [0.1, 0.15) is 38.8 Å². The number of hydrogen-bond acceptors (Lipinski definition) is 4. The zero-order chi connectivity index (χ0) is 15.7. The number of anilines is 1. The van der Waals surface area contributed by atoms with Gasteiger partial charge in [0.2, 0.25) is 0 Å². The Morgan fingerprint density at radius 2 is 1.95 bits per heavy atom. The molecule has 0 saturated carbocycles. The zero-order valence-corrected chi connectivity index (χ0v) is 13.5. The number of fused-ring (bicyclic) bond motifs is 1. The normalized spacial score (nSPS) is 16.7. The molecule has 0 radical (unpaired) electrons. The largest absolute Gasteiger partial charge is 0.363 e. The van der Waals surface area contributed by atoms with Crippen molar-refractivity contribution < 1.29 is 0 Å². The van der Waals surface area contributed by atoms with E-state index in [2.05, 4.69) is 72.2 Å². The second-order valence-corrected chi connectivity index (χ2v) is 6.09. The van der Waals surface area contributed by atoms with Gasteiger partial charge in [0.05, 0.1) is 11.8 Å². The Morgan fingerprint density at radius 1 is 1.23 bits per heavy atom. The third kappa shape index (κ3) is 2.54. The molecule has 0 atom stereocenters. The lowest BCUT2D eigenvalue weighted by molar-refractivity contribution is 0.566. The highest BCUT2D eigenvalue weighted by Gasteiger charge is 2.29. The van der Waals surface area contributed by atoms with E-state index in [1.165, 1.54) is 16.8 Å². The highest BCUT2D eigenvalue weighted by Crippen LogP contribution is 2.38. The highest BCUT2D eigenvalue weighted by molar-refractivity contribution is 5.87. The van der Waals surface area contributed by atoms with Crippen molar-refractivity contribution in [1.29, 1.82) is 0 Å². The number of nitrogens with zero attached hydrogens (tertiary/aromatic N) is 5. The summed E-state index contributed by atoms with van der Waals surface area (Å²) in [6.07, 6.45) is 7.30. The number of hydrogen-bond donors (Lipinski definition) is 0. The summed E-state index contributed by atoms with van der Waals surface area (Å²) >= 11 is 0. The monoisotopic (exact) mass is 295 g/mol. The van der Waals surface area contributed by atoms with Crippen LogP contribution in [0.15, 0.2) is 42.0 Å². The first kappa shape index (κ1) is 14.5. The lowest BCUT2D eigenvalue weighted by Gasteiger charge is -2.42. The molecule has 0 N–H and O–H groups in total. The molecule has 0 bridgehead atoms. The Kier molecular flexibility index (Phi) is 3.56. The van der Waals surface area contributed by atoms with Crippen LogP contribution >= 0.6 is 0 Å². The fourth-order valence-corrected chi connectivity index (χ4v) is 3.15. The first-order valence-electron chi connectivity index (χ1n) is 7.52. The number of rotatable bonds is 3. The van der Waals surface area contributed by atoms with E-state index in [9.17, 15) is 0 Å². The van der Waals surface area contributed by atoms with Crippen LogP contribution in [-0.2, 0) is 0 Å². The van der Waals surface area contributed by atoms with Crippen LogP contribution in [-0.4, -0.2) is 33.2 Å². The smallest absolute Gasteiger partial charge is 0.141 e. The minimum Gasteiger partial charge on any atom is -0.363 e. The predicted octanol–water partition coefficient (Wildman–Crippen LogP) is 3.18. The molecule has 5 heteroatoms. The summed E-state index contributed by atoms with van der Waals surface area (Å²) in [5.74, 6) is 0. The summed E-state index contributed by atoms with van der Waals surface area (Å²) in [6, 6.07) is 6.47. The van der Waals surface area contributed by atoms with Crippen LogP contribution in [0.4, 0.5) is 5.69 Å². The molecule has 5 nitrogen and oxygen atoms in total. The standard InChI is InChI=1S/C17H21N5/c1-5-22-16-7-6-14(10-20-21-11-18-19-12-21)8-15(16)13(2)9-17(22,3)4/h6-12H,5H2,1-4H3/b20-10-. The van der Waals surface area contributed by atoms with E-state index in [1.54, 1.807) is 17.3 Å². The molecule has 0 fully saturated rings. The first-order valence-corrected chi connectivity index (χ1v) is 7.52. The van der Waals surface area contributed by atoms with E-state index >= 15 is 0 Å². The fraction of sp³-hybridized carbons (Fsp3) is 0.353. The lowest BCUT2D eigenvalue weighted by Crippen LogP contribution is -2.44. The molecule has 1 aliphatic heterocycles. The summed E-state index contributed by atoms with van der Waals surface area (Å²) in [7, 11) is 0. The van der Waals surface area contributed by atoms with Crippen molar-refractivity contribution in [2.24, 2.45) is 5.10 Å². The third-order valence-electron chi connectivity index (χ3n) is 4.06. The minimum atomic E-state index is 0.0456. The molecule has 0 amide bonds. The van der Waals surface area contributed by atoms with Crippen LogP contribution in [0.5, 0.6) is 0 Å². The number of allylic oxidation sites excluding steroid dienone is 1. The van der Waals surface area contributed by atoms with E-state index in [1.807, 2.05) is 6.21 Å². The zero-order valence-electron chi connectivity index (χ0n) is 13.5. The quantitative estimate of drug-likeness (QED) is 0.817. The van der Waals surface area contributed by atoms with Gasteiger partial charge in [-0.1, -0.05) is 12.1 Å². The van der Waals surface area contributed by atoms with Crippen LogP contribution < -0.4 is 4.90 Å². The van der Waals surface area contributed by atoms with Gasteiger partial charge < -0.3 is 4.90 Å². The molecule has 1 aliphatic rings. The number of aromatic nitrogens is 3. The second-order valence-electron chi connectivity index (χ2n) is 6.09. The molecular formula is C17H21N5. The van der Waals surface area contributed by atoms with Gasteiger partial charge >= 0.3 is 0 Å². The number of likely N-dealkylation sites (N-methyl/N-ethyl adjacent to an activating group) is 1. The molecule has 2 heterocycles. The van der Waals surface area contributed by atoms with Gasteiger partial charge in [-0.3, -0.25) is 0 Å². The van der Waals surface area contributed by atoms with Crippen molar-refractivity contribution in [1.82, 2.24) is 14.9 Å². The maximum Gasteiger partial charge on any atom is 0.141 e. The highest BCUT2D eigenvalue weighted by atomic mass is 15.4. The van der Waals surface area contributed by atoms with Gasteiger partial charge in [0.15, 0.2) is 0 Å². The first-order chi connectivity index (χ1) is 10.5. The summed E-state index contributed by atoms with van der Waals surface area (Å²) in [5.41, 5.74) is 4.98. The van der Waals surface area contributed by atoms with E-state index in [-0.39, 0.29) is 5.54 Å². The fourth-order valence-electron chi connectivity index (χ4n) is 3.15. The molecule has 0 spiro atoms. The van der Waals surface area contributed by atoms with Crippen molar-refractivity contribution in [2.75, 3.05) is 11.4 Å². The maximum absolute atomic E-state index is 4.31. The Labute approximate surface area is 131 Å². The van der Waals surface area contributed by atoms with Crippen LogP contribution in [0, 0.1) is 0 Å². The van der Waals surface area contributed by atoms with Crippen LogP contribution in [0.25, 0.3) is 5.57 Å². The maximum atomic E-state index is 4.31. The molecular weight excluding hydrogens is 274 g/mol.